The summed E-state index contributed by atoms with van der Waals surface area (Å²) in [6.45, 7) is -1.54. The van der Waals surface area contributed by atoms with Gasteiger partial charge in [0.15, 0.2) is 0 Å². The van der Waals surface area contributed by atoms with Gasteiger partial charge in [0.2, 0.25) is 5.91 Å². The Morgan fingerprint density at radius 3 is 2.46 bits per heavy atom. The van der Waals surface area contributed by atoms with E-state index in [1.54, 1.807) is 5.32 Å². The number of benzene rings is 1. The standard InChI is InChI=1S/C15H14ClF6N3O3/c16-10-5-11(12(25(27)28)4-9(10)15(20,21)22)24-3-1-2-8(6-24)13(26)23-7-14(17,18)19/h4-5,8H,1-3,6-7H2,(H,23,26). The van der Waals surface area contributed by atoms with Gasteiger partial charge in [0.05, 0.1) is 21.4 Å². The van der Waals surface area contributed by atoms with Crippen LogP contribution in [0.15, 0.2) is 12.1 Å². The van der Waals surface area contributed by atoms with Gasteiger partial charge in [0.1, 0.15) is 12.2 Å². The van der Waals surface area contributed by atoms with E-state index in [2.05, 4.69) is 0 Å². The van der Waals surface area contributed by atoms with Crippen LogP contribution >= 0.6 is 11.6 Å². The third kappa shape index (κ3) is 5.40. The fourth-order valence-electron chi connectivity index (χ4n) is 2.91. The maximum Gasteiger partial charge on any atom is 0.418 e. The Bertz CT molecular complexity index is 769. The first-order valence-corrected chi connectivity index (χ1v) is 8.32. The SMILES string of the molecule is O=C(NCC(F)(F)F)C1CCCN(c2cc(Cl)c(C(F)(F)F)cc2[N+](=O)[O-])C1. The number of hydrogen-bond acceptors (Lipinski definition) is 4. The fourth-order valence-corrected chi connectivity index (χ4v) is 3.17. The molecule has 2 rings (SSSR count). The van der Waals surface area contributed by atoms with Gasteiger partial charge in [-0.25, -0.2) is 0 Å². The molecular weight excluding hydrogens is 420 g/mol. The zero-order valence-electron chi connectivity index (χ0n) is 14.0. The number of piperidine rings is 1. The Balaban J connectivity index is 2.28. The number of alkyl halides is 6. The lowest BCUT2D eigenvalue weighted by atomic mass is 9.96. The number of nitro groups is 1. The quantitative estimate of drug-likeness (QED) is 0.439. The van der Waals surface area contributed by atoms with E-state index in [1.165, 1.54) is 4.90 Å². The van der Waals surface area contributed by atoms with Gasteiger partial charge in [-0.2, -0.15) is 26.3 Å². The second-order valence-corrected chi connectivity index (χ2v) is 6.60. The lowest BCUT2D eigenvalue weighted by Crippen LogP contribution is -2.45. The molecular formula is C15H14ClF6N3O3. The molecule has 0 spiro atoms. The molecule has 28 heavy (non-hydrogen) atoms. The predicted octanol–water partition coefficient (Wildman–Crippen LogP) is 4.16. The first kappa shape index (κ1) is 22.1. The molecule has 1 aromatic rings. The lowest BCUT2D eigenvalue weighted by molar-refractivity contribution is -0.384. The number of amides is 1. The number of nitrogens with one attached hydrogen (secondary N) is 1. The van der Waals surface area contributed by atoms with Crippen molar-refractivity contribution in [1.29, 1.82) is 0 Å². The van der Waals surface area contributed by atoms with E-state index in [9.17, 15) is 41.3 Å². The third-order valence-corrected chi connectivity index (χ3v) is 4.47. The van der Waals surface area contributed by atoms with Gasteiger partial charge in [-0.1, -0.05) is 11.6 Å². The van der Waals surface area contributed by atoms with Gasteiger partial charge < -0.3 is 10.2 Å². The maximum absolute atomic E-state index is 12.9. The lowest BCUT2D eigenvalue weighted by Gasteiger charge is -2.33. The number of carbonyl (C=O) groups excluding carboxylic acids is 1. The van der Waals surface area contributed by atoms with Gasteiger partial charge in [0.25, 0.3) is 5.69 Å². The summed E-state index contributed by atoms with van der Waals surface area (Å²) in [7, 11) is 0. The highest BCUT2D eigenvalue weighted by Gasteiger charge is 2.38. The highest BCUT2D eigenvalue weighted by molar-refractivity contribution is 6.31. The zero-order chi connectivity index (χ0) is 21.3. The predicted molar refractivity (Wildman–Crippen MR) is 87.1 cm³/mol. The molecule has 0 bridgehead atoms. The van der Waals surface area contributed by atoms with Gasteiger partial charge in [-0.05, 0) is 18.9 Å². The molecule has 0 saturated carbocycles. The molecule has 0 radical (unpaired) electrons. The molecule has 1 fully saturated rings. The molecule has 1 amide bonds. The van der Waals surface area contributed by atoms with Crippen molar-refractivity contribution in [1.82, 2.24) is 5.32 Å². The molecule has 1 aromatic carbocycles. The average molecular weight is 434 g/mol. The van der Waals surface area contributed by atoms with Crippen LogP contribution in [0.5, 0.6) is 0 Å². The average Bonchev–Trinajstić information content (AvgIpc) is 2.57. The topological polar surface area (TPSA) is 75.5 Å². The van der Waals surface area contributed by atoms with Crippen molar-refractivity contribution < 1.29 is 36.1 Å². The molecule has 1 unspecified atom stereocenters. The summed E-state index contributed by atoms with van der Waals surface area (Å²) in [6.07, 6.45) is -8.95. The molecule has 1 N–H and O–H groups in total. The fraction of sp³-hybridized carbons (Fsp3) is 0.533. The molecule has 1 aliphatic heterocycles. The molecule has 13 heteroatoms. The van der Waals surface area contributed by atoms with Crippen LogP contribution in [-0.4, -0.2) is 36.6 Å². The van der Waals surface area contributed by atoms with Crippen LogP contribution in [0.3, 0.4) is 0 Å². The second-order valence-electron chi connectivity index (χ2n) is 6.19. The van der Waals surface area contributed by atoms with Crippen molar-refractivity contribution in [2.45, 2.75) is 25.2 Å². The largest absolute Gasteiger partial charge is 0.418 e. The van der Waals surface area contributed by atoms with Crippen LogP contribution in [0.25, 0.3) is 0 Å². The third-order valence-electron chi connectivity index (χ3n) is 4.16. The van der Waals surface area contributed by atoms with E-state index in [-0.39, 0.29) is 25.2 Å². The van der Waals surface area contributed by atoms with Crippen molar-refractivity contribution in [3.05, 3.63) is 32.8 Å². The van der Waals surface area contributed by atoms with Crippen LogP contribution < -0.4 is 10.2 Å². The summed E-state index contributed by atoms with van der Waals surface area (Å²) >= 11 is 5.64. The highest BCUT2D eigenvalue weighted by atomic mass is 35.5. The number of halogens is 7. The summed E-state index contributed by atoms with van der Waals surface area (Å²) in [5.41, 5.74) is -2.45. The van der Waals surface area contributed by atoms with E-state index >= 15 is 0 Å². The summed E-state index contributed by atoms with van der Waals surface area (Å²) < 4.78 is 75.6. The van der Waals surface area contributed by atoms with Gasteiger partial charge in [0, 0.05) is 19.2 Å². The number of carbonyl (C=O) groups is 1. The first-order valence-electron chi connectivity index (χ1n) is 7.94. The van der Waals surface area contributed by atoms with Crippen LogP contribution in [0, 0.1) is 16.0 Å². The Labute approximate surface area is 159 Å². The zero-order valence-corrected chi connectivity index (χ0v) is 14.8. The van der Waals surface area contributed by atoms with Crippen LogP contribution in [0.1, 0.15) is 18.4 Å². The number of anilines is 1. The summed E-state index contributed by atoms with van der Waals surface area (Å²) in [6, 6.07) is 1.10. The first-order chi connectivity index (χ1) is 12.8. The summed E-state index contributed by atoms with van der Waals surface area (Å²) in [5, 5.41) is 12.2. The van der Waals surface area contributed by atoms with Crippen LogP contribution in [0.4, 0.5) is 37.7 Å². The number of rotatable bonds is 4. The highest BCUT2D eigenvalue weighted by Crippen LogP contribution is 2.42. The number of hydrogen-bond donors (Lipinski definition) is 1. The monoisotopic (exact) mass is 433 g/mol. The molecule has 0 aliphatic carbocycles. The minimum atomic E-state index is -4.90. The van der Waals surface area contributed by atoms with Crippen LogP contribution in [0.2, 0.25) is 5.02 Å². The molecule has 0 aromatic heterocycles. The Hall–Kier alpha value is -2.24. The molecule has 6 nitrogen and oxygen atoms in total. The Morgan fingerprint density at radius 2 is 1.93 bits per heavy atom. The Morgan fingerprint density at radius 1 is 1.29 bits per heavy atom. The molecule has 1 atom stereocenters. The normalized spacial score (nSPS) is 18.1. The van der Waals surface area contributed by atoms with E-state index < -0.39 is 51.9 Å². The summed E-state index contributed by atoms with van der Waals surface area (Å²) in [5.74, 6) is -1.79. The smallest absolute Gasteiger partial charge is 0.365 e. The van der Waals surface area contributed by atoms with Crippen molar-refractivity contribution in [2.24, 2.45) is 5.92 Å². The minimum absolute atomic E-state index is 0.172. The van der Waals surface area contributed by atoms with Crippen molar-refractivity contribution in [2.75, 3.05) is 24.5 Å². The Kier molecular flexibility index (Phi) is 6.31. The minimum Gasteiger partial charge on any atom is -0.365 e. The number of nitro benzene ring substituents is 1. The van der Waals surface area contributed by atoms with Crippen molar-refractivity contribution >= 4 is 28.9 Å². The summed E-state index contributed by atoms with van der Waals surface area (Å²) in [4.78, 5) is 23.5. The van der Waals surface area contributed by atoms with Gasteiger partial charge in [-0.15, -0.1) is 0 Å². The molecule has 1 heterocycles. The van der Waals surface area contributed by atoms with Gasteiger partial charge >= 0.3 is 12.4 Å². The van der Waals surface area contributed by atoms with Crippen molar-refractivity contribution in [3.63, 3.8) is 0 Å². The maximum atomic E-state index is 12.9. The number of nitrogens with zero attached hydrogens (tertiary/aromatic N) is 2. The van der Waals surface area contributed by atoms with E-state index in [0.717, 1.165) is 6.07 Å². The van der Waals surface area contributed by atoms with E-state index in [0.29, 0.717) is 12.5 Å². The molecule has 156 valence electrons. The van der Waals surface area contributed by atoms with Crippen LogP contribution in [-0.2, 0) is 11.0 Å². The van der Waals surface area contributed by atoms with E-state index in [1.807, 2.05) is 0 Å². The van der Waals surface area contributed by atoms with Crippen molar-refractivity contribution in [3.8, 4) is 0 Å². The molecule has 1 aliphatic rings. The van der Waals surface area contributed by atoms with Gasteiger partial charge in [-0.3, -0.25) is 14.9 Å². The second kappa shape index (κ2) is 8.02. The van der Waals surface area contributed by atoms with E-state index in [4.69, 9.17) is 11.6 Å². The molecule has 1 saturated heterocycles.